The molecule has 2 aromatic carbocycles. The maximum Gasteiger partial charge on any atom is 0.323 e. The zero-order chi connectivity index (χ0) is 16.4. The van der Waals surface area contributed by atoms with Gasteiger partial charge in [0.05, 0.1) is 11.2 Å². The molecule has 2 amide bonds. The SMILES string of the molecule is O=C(Nc1cc(F)c2[nH]c(=O)ccc2c1)Nc1ccccc1Br. The minimum atomic E-state index is -0.614. The van der Waals surface area contributed by atoms with Crippen LogP contribution in [0.4, 0.5) is 20.6 Å². The number of rotatable bonds is 2. The molecule has 0 fully saturated rings. The average molecular weight is 376 g/mol. The second kappa shape index (κ2) is 6.21. The summed E-state index contributed by atoms with van der Waals surface area (Å²) in [6.45, 7) is 0. The van der Waals surface area contributed by atoms with Gasteiger partial charge in [-0.25, -0.2) is 9.18 Å². The van der Waals surface area contributed by atoms with E-state index in [1.807, 2.05) is 6.07 Å². The monoisotopic (exact) mass is 375 g/mol. The lowest BCUT2D eigenvalue weighted by atomic mass is 10.2. The van der Waals surface area contributed by atoms with Crippen LogP contribution in [0.15, 0.2) is 57.8 Å². The fourth-order valence-electron chi connectivity index (χ4n) is 2.14. The van der Waals surface area contributed by atoms with E-state index in [9.17, 15) is 14.0 Å². The number of pyridine rings is 1. The number of hydrogen-bond acceptors (Lipinski definition) is 2. The maximum absolute atomic E-state index is 14.0. The molecule has 0 aliphatic rings. The summed E-state index contributed by atoms with van der Waals surface area (Å²) in [5.74, 6) is -0.614. The van der Waals surface area contributed by atoms with E-state index < -0.39 is 11.8 Å². The van der Waals surface area contributed by atoms with Crippen LogP contribution in [0.25, 0.3) is 10.9 Å². The summed E-state index contributed by atoms with van der Waals surface area (Å²) in [4.78, 5) is 25.7. The van der Waals surface area contributed by atoms with Crippen LogP contribution >= 0.6 is 15.9 Å². The number of nitrogens with one attached hydrogen (secondary N) is 3. The maximum atomic E-state index is 14.0. The number of urea groups is 1. The Balaban J connectivity index is 1.84. The zero-order valence-electron chi connectivity index (χ0n) is 11.7. The highest BCUT2D eigenvalue weighted by atomic mass is 79.9. The summed E-state index contributed by atoms with van der Waals surface area (Å²) < 4.78 is 14.8. The van der Waals surface area contributed by atoms with Gasteiger partial charge >= 0.3 is 6.03 Å². The molecule has 3 rings (SSSR count). The lowest BCUT2D eigenvalue weighted by molar-refractivity contribution is 0.262. The van der Waals surface area contributed by atoms with E-state index in [4.69, 9.17) is 0 Å². The number of aromatic amines is 1. The van der Waals surface area contributed by atoms with Crippen LogP contribution in [0, 0.1) is 5.82 Å². The van der Waals surface area contributed by atoms with Gasteiger partial charge in [-0.15, -0.1) is 0 Å². The van der Waals surface area contributed by atoms with Crippen molar-refractivity contribution in [3.63, 3.8) is 0 Å². The summed E-state index contributed by atoms with van der Waals surface area (Å²) >= 11 is 3.32. The highest BCUT2D eigenvalue weighted by molar-refractivity contribution is 9.10. The minimum Gasteiger partial charge on any atom is -0.319 e. The van der Waals surface area contributed by atoms with Gasteiger partial charge in [0, 0.05) is 21.6 Å². The zero-order valence-corrected chi connectivity index (χ0v) is 13.3. The van der Waals surface area contributed by atoms with Crippen molar-refractivity contribution >= 4 is 44.2 Å². The van der Waals surface area contributed by atoms with Crippen LogP contribution in [0.5, 0.6) is 0 Å². The van der Waals surface area contributed by atoms with Crippen LogP contribution in [-0.4, -0.2) is 11.0 Å². The molecule has 5 nitrogen and oxygen atoms in total. The van der Waals surface area contributed by atoms with E-state index in [2.05, 4.69) is 31.5 Å². The van der Waals surface area contributed by atoms with E-state index in [1.165, 1.54) is 12.1 Å². The molecule has 0 bridgehead atoms. The van der Waals surface area contributed by atoms with E-state index in [-0.39, 0.29) is 16.8 Å². The van der Waals surface area contributed by atoms with Crippen molar-refractivity contribution in [2.24, 2.45) is 0 Å². The average Bonchev–Trinajstić information content (AvgIpc) is 2.50. The molecule has 23 heavy (non-hydrogen) atoms. The molecule has 0 radical (unpaired) electrons. The molecule has 0 aliphatic carbocycles. The third-order valence-electron chi connectivity index (χ3n) is 3.16. The third-order valence-corrected chi connectivity index (χ3v) is 3.85. The molecule has 1 heterocycles. The van der Waals surface area contributed by atoms with Crippen molar-refractivity contribution in [1.82, 2.24) is 4.98 Å². The van der Waals surface area contributed by atoms with Gasteiger partial charge in [0.15, 0.2) is 0 Å². The van der Waals surface area contributed by atoms with E-state index in [0.29, 0.717) is 11.1 Å². The highest BCUT2D eigenvalue weighted by Gasteiger charge is 2.09. The first kappa shape index (κ1) is 15.2. The molecule has 116 valence electrons. The molecular weight excluding hydrogens is 365 g/mol. The van der Waals surface area contributed by atoms with Crippen molar-refractivity contribution in [2.45, 2.75) is 0 Å². The summed E-state index contributed by atoms with van der Waals surface area (Å²) in [5.41, 5.74) is 0.597. The Morgan fingerprint density at radius 2 is 1.87 bits per heavy atom. The number of H-pyrrole nitrogens is 1. The number of carbonyl (C=O) groups is 1. The molecule has 0 saturated carbocycles. The Morgan fingerprint density at radius 1 is 1.09 bits per heavy atom. The second-order valence-corrected chi connectivity index (χ2v) is 5.66. The van der Waals surface area contributed by atoms with Gasteiger partial charge in [-0.2, -0.15) is 0 Å². The minimum absolute atomic E-state index is 0.106. The van der Waals surface area contributed by atoms with Crippen molar-refractivity contribution in [3.8, 4) is 0 Å². The quantitative estimate of drug-likeness (QED) is 0.631. The molecule has 7 heteroatoms. The fourth-order valence-corrected chi connectivity index (χ4v) is 2.52. The number of halogens is 2. The summed E-state index contributed by atoms with van der Waals surface area (Å²) in [5, 5.41) is 5.71. The lowest BCUT2D eigenvalue weighted by Gasteiger charge is -2.10. The Morgan fingerprint density at radius 3 is 2.65 bits per heavy atom. The molecule has 3 N–H and O–H groups in total. The van der Waals surface area contributed by atoms with E-state index in [1.54, 1.807) is 24.3 Å². The molecule has 3 aromatic rings. The van der Waals surface area contributed by atoms with Gasteiger partial charge in [-0.1, -0.05) is 12.1 Å². The molecule has 0 unspecified atom stereocenters. The molecule has 0 saturated heterocycles. The first-order chi connectivity index (χ1) is 11.0. The molecule has 0 aliphatic heterocycles. The van der Waals surface area contributed by atoms with E-state index >= 15 is 0 Å². The first-order valence-corrected chi connectivity index (χ1v) is 7.47. The normalized spacial score (nSPS) is 10.5. The van der Waals surface area contributed by atoms with Gasteiger partial charge in [0.1, 0.15) is 5.82 Å². The summed E-state index contributed by atoms with van der Waals surface area (Å²) in [6, 6.07) is 12.2. The van der Waals surface area contributed by atoms with Crippen LogP contribution in [-0.2, 0) is 0 Å². The summed E-state index contributed by atoms with van der Waals surface area (Å²) in [6.07, 6.45) is 0. The largest absolute Gasteiger partial charge is 0.323 e. The predicted octanol–water partition coefficient (Wildman–Crippen LogP) is 4.07. The lowest BCUT2D eigenvalue weighted by Crippen LogP contribution is -2.19. The van der Waals surface area contributed by atoms with Gasteiger partial charge in [0.25, 0.3) is 0 Å². The molecule has 1 aromatic heterocycles. The predicted molar refractivity (Wildman–Crippen MR) is 91.3 cm³/mol. The number of para-hydroxylation sites is 1. The number of amides is 2. The highest BCUT2D eigenvalue weighted by Crippen LogP contribution is 2.23. The van der Waals surface area contributed by atoms with E-state index in [0.717, 1.165) is 10.5 Å². The van der Waals surface area contributed by atoms with Crippen LogP contribution in [0.3, 0.4) is 0 Å². The Kier molecular flexibility index (Phi) is 4.12. The second-order valence-electron chi connectivity index (χ2n) is 4.80. The van der Waals surface area contributed by atoms with Crippen LogP contribution < -0.4 is 16.2 Å². The smallest absolute Gasteiger partial charge is 0.319 e. The first-order valence-electron chi connectivity index (χ1n) is 6.68. The Bertz CT molecular complexity index is 955. The molecule has 0 spiro atoms. The number of aromatic nitrogens is 1. The van der Waals surface area contributed by atoms with Crippen molar-refractivity contribution in [3.05, 3.63) is 69.2 Å². The van der Waals surface area contributed by atoms with Crippen molar-refractivity contribution in [1.29, 1.82) is 0 Å². The number of anilines is 2. The number of fused-ring (bicyclic) bond motifs is 1. The van der Waals surface area contributed by atoms with Crippen LogP contribution in [0.1, 0.15) is 0 Å². The Hall–Kier alpha value is -2.67. The van der Waals surface area contributed by atoms with Crippen molar-refractivity contribution < 1.29 is 9.18 Å². The van der Waals surface area contributed by atoms with Gasteiger partial charge in [-0.05, 0) is 46.3 Å². The number of benzene rings is 2. The summed E-state index contributed by atoms with van der Waals surface area (Å²) in [7, 11) is 0. The molecular formula is C16H11BrFN3O2. The number of carbonyl (C=O) groups excluding carboxylic acids is 1. The molecule has 0 atom stereocenters. The number of hydrogen-bond donors (Lipinski definition) is 3. The van der Waals surface area contributed by atoms with Gasteiger partial charge in [0.2, 0.25) is 5.56 Å². The van der Waals surface area contributed by atoms with Crippen LogP contribution in [0.2, 0.25) is 0 Å². The standard InChI is InChI=1S/C16H11BrFN3O2/c17-11-3-1-2-4-13(11)20-16(23)19-10-7-9-5-6-14(22)21-15(9)12(18)8-10/h1-8H,(H,21,22)(H2,19,20,23). The van der Waals surface area contributed by atoms with Crippen molar-refractivity contribution in [2.75, 3.05) is 10.6 Å². The van der Waals surface area contributed by atoms with Gasteiger partial charge in [-0.3, -0.25) is 4.79 Å². The third kappa shape index (κ3) is 3.40. The fraction of sp³-hybridized carbons (Fsp3) is 0. The van der Waals surface area contributed by atoms with Gasteiger partial charge < -0.3 is 15.6 Å². The Labute approximate surface area is 138 Å². The topological polar surface area (TPSA) is 74.0 Å².